The van der Waals surface area contributed by atoms with Crippen LogP contribution in [0.2, 0.25) is 0 Å². The minimum absolute atomic E-state index is 0.0500. The number of nitrogens with zero attached hydrogens (tertiary/aromatic N) is 4. The SMILES string of the molecule is Cc1c(NC2CCCN(CC(N)=O)C2)nnc(-c2ncc(C(F)(F)F)cc2O)c1C. The maximum atomic E-state index is 12.8. The van der Waals surface area contributed by atoms with Gasteiger partial charge in [-0.05, 0) is 50.4 Å². The number of primary amides is 1. The third-order valence-electron chi connectivity index (χ3n) is 5.17. The van der Waals surface area contributed by atoms with Gasteiger partial charge in [-0.1, -0.05) is 0 Å². The number of rotatable bonds is 5. The fraction of sp³-hybridized carbons (Fsp3) is 0.474. The number of likely N-dealkylation sites (tertiary alicyclic amines) is 1. The second kappa shape index (κ2) is 8.42. The van der Waals surface area contributed by atoms with E-state index in [0.717, 1.165) is 24.9 Å². The Labute approximate surface area is 171 Å². The summed E-state index contributed by atoms with van der Waals surface area (Å²) in [5, 5.41) is 21.6. The van der Waals surface area contributed by atoms with E-state index < -0.39 is 17.5 Å². The summed E-state index contributed by atoms with van der Waals surface area (Å²) in [5.41, 5.74) is 5.76. The number of carbonyl (C=O) groups excluding carboxylic acids is 1. The summed E-state index contributed by atoms with van der Waals surface area (Å²) in [5.74, 6) is -0.457. The molecule has 1 aliphatic heterocycles. The molecule has 4 N–H and O–H groups in total. The number of aromatic hydroxyl groups is 1. The van der Waals surface area contributed by atoms with Gasteiger partial charge in [0.25, 0.3) is 0 Å². The molecule has 1 saturated heterocycles. The average molecular weight is 424 g/mol. The molecule has 1 aliphatic rings. The van der Waals surface area contributed by atoms with E-state index in [2.05, 4.69) is 20.5 Å². The fourth-order valence-corrected chi connectivity index (χ4v) is 3.49. The van der Waals surface area contributed by atoms with Crippen LogP contribution < -0.4 is 11.1 Å². The van der Waals surface area contributed by atoms with Crippen molar-refractivity contribution in [1.82, 2.24) is 20.1 Å². The Kier molecular flexibility index (Phi) is 6.11. The first-order valence-corrected chi connectivity index (χ1v) is 9.44. The van der Waals surface area contributed by atoms with Crippen molar-refractivity contribution in [1.29, 1.82) is 0 Å². The van der Waals surface area contributed by atoms with Crippen LogP contribution in [0.4, 0.5) is 19.0 Å². The molecule has 2 aromatic heterocycles. The van der Waals surface area contributed by atoms with Crippen molar-refractivity contribution in [2.45, 2.75) is 38.9 Å². The first-order chi connectivity index (χ1) is 14.1. The molecule has 0 saturated carbocycles. The largest absolute Gasteiger partial charge is 0.506 e. The molecule has 162 valence electrons. The lowest BCUT2D eigenvalue weighted by Crippen LogP contribution is -2.45. The highest BCUT2D eigenvalue weighted by atomic mass is 19.4. The molecular weight excluding hydrogens is 401 g/mol. The van der Waals surface area contributed by atoms with Crippen molar-refractivity contribution in [2.75, 3.05) is 25.0 Å². The van der Waals surface area contributed by atoms with Crippen LogP contribution in [0.3, 0.4) is 0 Å². The number of nitrogens with two attached hydrogens (primary N) is 1. The van der Waals surface area contributed by atoms with Crippen molar-refractivity contribution in [2.24, 2.45) is 5.73 Å². The van der Waals surface area contributed by atoms with Gasteiger partial charge in [0.1, 0.15) is 17.1 Å². The topological polar surface area (TPSA) is 117 Å². The summed E-state index contributed by atoms with van der Waals surface area (Å²) in [6, 6.07) is 0.675. The second-order valence-electron chi connectivity index (χ2n) is 7.42. The third-order valence-corrected chi connectivity index (χ3v) is 5.17. The number of pyridine rings is 1. The molecule has 8 nitrogen and oxygen atoms in total. The van der Waals surface area contributed by atoms with E-state index in [9.17, 15) is 23.1 Å². The standard InChI is InChI=1S/C19H23F3N6O2/c1-10-11(2)18(25-13-4-3-5-28(8-13)9-15(23)30)27-26-16(10)17-14(29)6-12(7-24-17)19(20,21)22/h6-7,13,29H,3-5,8-9H2,1-2H3,(H2,23,30)(H,25,27). The Morgan fingerprint density at radius 1 is 1.30 bits per heavy atom. The normalized spacial score (nSPS) is 17.7. The number of piperidine rings is 1. The number of anilines is 1. The minimum atomic E-state index is -4.60. The highest BCUT2D eigenvalue weighted by molar-refractivity contribution is 5.76. The molecule has 0 aliphatic carbocycles. The summed E-state index contributed by atoms with van der Waals surface area (Å²) in [6.07, 6.45) is -2.15. The fourth-order valence-electron chi connectivity index (χ4n) is 3.49. The molecule has 0 spiro atoms. The molecule has 0 bridgehead atoms. The molecule has 1 atom stereocenters. The van der Waals surface area contributed by atoms with Gasteiger partial charge in [0.2, 0.25) is 5.91 Å². The first kappa shape index (κ1) is 21.8. The highest BCUT2D eigenvalue weighted by Gasteiger charge is 2.32. The number of aromatic nitrogens is 3. The van der Waals surface area contributed by atoms with Gasteiger partial charge in [-0.3, -0.25) is 9.69 Å². The predicted octanol–water partition coefficient (Wildman–Crippen LogP) is 2.24. The quantitative estimate of drug-likeness (QED) is 0.674. The summed E-state index contributed by atoms with van der Waals surface area (Å²) < 4.78 is 38.4. The summed E-state index contributed by atoms with van der Waals surface area (Å²) >= 11 is 0. The van der Waals surface area contributed by atoms with Gasteiger partial charge in [-0.2, -0.15) is 13.2 Å². The van der Waals surface area contributed by atoms with E-state index in [1.807, 2.05) is 4.90 Å². The number of hydrogen-bond acceptors (Lipinski definition) is 7. The molecule has 1 fully saturated rings. The van der Waals surface area contributed by atoms with Gasteiger partial charge in [-0.25, -0.2) is 4.98 Å². The number of alkyl halides is 3. The molecule has 1 unspecified atom stereocenters. The van der Waals surface area contributed by atoms with Gasteiger partial charge < -0.3 is 16.2 Å². The van der Waals surface area contributed by atoms with Crippen LogP contribution in [0, 0.1) is 13.8 Å². The minimum Gasteiger partial charge on any atom is -0.506 e. The molecular formula is C19H23F3N6O2. The van der Waals surface area contributed by atoms with Crippen LogP contribution >= 0.6 is 0 Å². The Balaban J connectivity index is 1.82. The average Bonchev–Trinajstić information content (AvgIpc) is 2.65. The number of hydrogen-bond donors (Lipinski definition) is 3. The van der Waals surface area contributed by atoms with Gasteiger partial charge in [0.05, 0.1) is 12.1 Å². The lowest BCUT2D eigenvalue weighted by molar-refractivity contribution is -0.138. The molecule has 30 heavy (non-hydrogen) atoms. The van der Waals surface area contributed by atoms with Crippen LogP contribution in [-0.2, 0) is 11.0 Å². The van der Waals surface area contributed by atoms with E-state index in [1.54, 1.807) is 13.8 Å². The number of amides is 1. The highest BCUT2D eigenvalue weighted by Crippen LogP contribution is 2.36. The van der Waals surface area contributed by atoms with E-state index >= 15 is 0 Å². The molecule has 0 radical (unpaired) electrons. The van der Waals surface area contributed by atoms with E-state index in [4.69, 9.17) is 5.73 Å². The van der Waals surface area contributed by atoms with Crippen LogP contribution in [0.15, 0.2) is 12.3 Å². The summed E-state index contributed by atoms with van der Waals surface area (Å²) in [6.45, 7) is 5.17. The monoisotopic (exact) mass is 424 g/mol. The van der Waals surface area contributed by atoms with Crippen molar-refractivity contribution in [3.05, 3.63) is 29.0 Å². The lowest BCUT2D eigenvalue weighted by Gasteiger charge is -2.32. The molecule has 0 aromatic carbocycles. The Morgan fingerprint density at radius 2 is 2.03 bits per heavy atom. The zero-order chi connectivity index (χ0) is 22.1. The maximum absolute atomic E-state index is 12.8. The van der Waals surface area contributed by atoms with Gasteiger partial charge >= 0.3 is 6.18 Å². The Hall–Kier alpha value is -2.95. The third kappa shape index (κ3) is 4.78. The Morgan fingerprint density at radius 3 is 2.67 bits per heavy atom. The van der Waals surface area contributed by atoms with Crippen LogP contribution in [0.25, 0.3) is 11.4 Å². The van der Waals surface area contributed by atoms with Crippen LogP contribution in [-0.4, -0.2) is 56.8 Å². The first-order valence-electron chi connectivity index (χ1n) is 9.44. The van der Waals surface area contributed by atoms with Crippen molar-refractivity contribution in [3.8, 4) is 17.1 Å². The summed E-state index contributed by atoms with van der Waals surface area (Å²) in [7, 11) is 0. The van der Waals surface area contributed by atoms with Gasteiger partial charge in [0.15, 0.2) is 5.82 Å². The molecule has 11 heteroatoms. The molecule has 3 heterocycles. The predicted molar refractivity (Wildman–Crippen MR) is 104 cm³/mol. The van der Waals surface area contributed by atoms with Crippen molar-refractivity contribution >= 4 is 11.7 Å². The Bertz CT molecular complexity index is 951. The zero-order valence-corrected chi connectivity index (χ0v) is 16.6. The van der Waals surface area contributed by atoms with Crippen LogP contribution in [0.1, 0.15) is 29.5 Å². The summed E-state index contributed by atoms with van der Waals surface area (Å²) in [4.78, 5) is 16.9. The van der Waals surface area contributed by atoms with E-state index in [1.165, 1.54) is 0 Å². The number of nitrogens with one attached hydrogen (secondary N) is 1. The van der Waals surface area contributed by atoms with Gasteiger partial charge in [-0.15, -0.1) is 10.2 Å². The van der Waals surface area contributed by atoms with Gasteiger partial charge in [0, 0.05) is 18.8 Å². The molecule has 2 aromatic rings. The van der Waals surface area contributed by atoms with Crippen molar-refractivity contribution in [3.63, 3.8) is 0 Å². The second-order valence-corrected chi connectivity index (χ2v) is 7.42. The smallest absolute Gasteiger partial charge is 0.418 e. The molecule has 1 amide bonds. The van der Waals surface area contributed by atoms with E-state index in [-0.39, 0.29) is 29.9 Å². The molecule has 3 rings (SSSR count). The number of carbonyl (C=O) groups is 1. The van der Waals surface area contributed by atoms with E-state index in [0.29, 0.717) is 30.2 Å². The van der Waals surface area contributed by atoms with Crippen molar-refractivity contribution < 1.29 is 23.1 Å². The number of halogens is 3. The lowest BCUT2D eigenvalue weighted by atomic mass is 10.0. The zero-order valence-electron chi connectivity index (χ0n) is 16.6. The maximum Gasteiger partial charge on any atom is 0.418 e. The van der Waals surface area contributed by atoms with Crippen LogP contribution in [0.5, 0.6) is 5.75 Å².